The Kier molecular flexibility index (Phi) is 6.88. The van der Waals surface area contributed by atoms with Crippen LogP contribution in [0.2, 0.25) is 0 Å². The van der Waals surface area contributed by atoms with Crippen molar-refractivity contribution in [2.45, 2.75) is 33.1 Å². The van der Waals surface area contributed by atoms with Gasteiger partial charge in [-0.05, 0) is 18.6 Å². The van der Waals surface area contributed by atoms with Crippen LogP contribution in [0.25, 0.3) is 0 Å². The Morgan fingerprint density at radius 3 is 2.41 bits per heavy atom. The van der Waals surface area contributed by atoms with Gasteiger partial charge in [-0.25, -0.2) is 13.2 Å². The molecule has 7 heteroatoms. The minimum Gasteiger partial charge on any atom is -0.342 e. The maximum absolute atomic E-state index is 13.4. The quantitative estimate of drug-likeness (QED) is 0.786. The molecular formula is C15H19F3N2O2. The molecule has 0 unspecified atom stereocenters. The van der Waals surface area contributed by atoms with Crippen molar-refractivity contribution in [3.05, 3.63) is 29.6 Å². The SMILES string of the molecule is CCCCN(CCC(=O)Nc1ccc(F)c(F)c1F)C(C)=O. The predicted octanol–water partition coefficient (Wildman–Crippen LogP) is 3.08. The molecule has 0 heterocycles. The molecule has 1 N–H and O–H groups in total. The second-order valence-corrected chi connectivity index (χ2v) is 4.88. The van der Waals surface area contributed by atoms with Gasteiger partial charge in [-0.1, -0.05) is 13.3 Å². The number of nitrogens with one attached hydrogen (secondary N) is 1. The molecule has 0 fully saturated rings. The first-order valence-electron chi connectivity index (χ1n) is 7.05. The molecular weight excluding hydrogens is 297 g/mol. The zero-order chi connectivity index (χ0) is 16.7. The number of halogens is 3. The van der Waals surface area contributed by atoms with E-state index in [1.807, 2.05) is 6.92 Å². The van der Waals surface area contributed by atoms with Gasteiger partial charge in [-0.2, -0.15) is 0 Å². The van der Waals surface area contributed by atoms with Crippen LogP contribution in [0, 0.1) is 17.5 Å². The topological polar surface area (TPSA) is 49.4 Å². The lowest BCUT2D eigenvalue weighted by atomic mass is 10.2. The Bertz CT molecular complexity index is 550. The zero-order valence-electron chi connectivity index (χ0n) is 12.6. The number of rotatable bonds is 7. The first-order valence-corrected chi connectivity index (χ1v) is 7.05. The van der Waals surface area contributed by atoms with Crippen LogP contribution in [0.3, 0.4) is 0 Å². The smallest absolute Gasteiger partial charge is 0.226 e. The average molecular weight is 316 g/mol. The molecule has 0 aliphatic carbocycles. The number of amides is 2. The van der Waals surface area contributed by atoms with Crippen molar-refractivity contribution < 1.29 is 22.8 Å². The van der Waals surface area contributed by atoms with Gasteiger partial charge in [0.05, 0.1) is 5.69 Å². The van der Waals surface area contributed by atoms with E-state index in [0.717, 1.165) is 25.0 Å². The highest BCUT2D eigenvalue weighted by Gasteiger charge is 2.16. The van der Waals surface area contributed by atoms with Crippen LogP contribution in [0.5, 0.6) is 0 Å². The molecule has 0 saturated heterocycles. The molecule has 4 nitrogen and oxygen atoms in total. The van der Waals surface area contributed by atoms with E-state index in [1.54, 1.807) is 0 Å². The number of unbranched alkanes of at least 4 members (excludes halogenated alkanes) is 1. The number of carbonyl (C=O) groups is 2. The molecule has 122 valence electrons. The minimum atomic E-state index is -1.63. The van der Waals surface area contributed by atoms with Crippen molar-refractivity contribution in [3.63, 3.8) is 0 Å². The van der Waals surface area contributed by atoms with Crippen molar-refractivity contribution in [3.8, 4) is 0 Å². The average Bonchev–Trinajstić information content (AvgIpc) is 2.47. The van der Waals surface area contributed by atoms with E-state index in [9.17, 15) is 22.8 Å². The molecule has 2 amide bonds. The van der Waals surface area contributed by atoms with Crippen molar-refractivity contribution >= 4 is 17.5 Å². The summed E-state index contributed by atoms with van der Waals surface area (Å²) in [5.41, 5.74) is -0.424. The van der Waals surface area contributed by atoms with Gasteiger partial charge in [0.2, 0.25) is 11.8 Å². The fraction of sp³-hybridized carbons (Fsp3) is 0.467. The highest BCUT2D eigenvalue weighted by atomic mass is 19.2. The van der Waals surface area contributed by atoms with E-state index in [-0.39, 0.29) is 18.9 Å². The monoisotopic (exact) mass is 316 g/mol. The van der Waals surface area contributed by atoms with Gasteiger partial charge >= 0.3 is 0 Å². The highest BCUT2D eigenvalue weighted by Crippen LogP contribution is 2.19. The number of hydrogen-bond donors (Lipinski definition) is 1. The molecule has 0 aromatic heterocycles. The van der Waals surface area contributed by atoms with Gasteiger partial charge in [0.25, 0.3) is 0 Å². The summed E-state index contributed by atoms with van der Waals surface area (Å²) >= 11 is 0. The largest absolute Gasteiger partial charge is 0.342 e. The van der Waals surface area contributed by atoms with Crippen LogP contribution < -0.4 is 5.32 Å². The number of anilines is 1. The summed E-state index contributed by atoms with van der Waals surface area (Å²) < 4.78 is 39.3. The van der Waals surface area contributed by atoms with Gasteiger partial charge in [0.1, 0.15) is 0 Å². The lowest BCUT2D eigenvalue weighted by Crippen LogP contribution is -2.32. The molecule has 22 heavy (non-hydrogen) atoms. The van der Waals surface area contributed by atoms with Gasteiger partial charge in [0, 0.05) is 26.4 Å². The Labute approximate surface area is 127 Å². The summed E-state index contributed by atoms with van der Waals surface area (Å²) in [4.78, 5) is 24.6. The van der Waals surface area contributed by atoms with E-state index in [0.29, 0.717) is 6.54 Å². The second kappa shape index (κ2) is 8.41. The third-order valence-corrected chi connectivity index (χ3v) is 3.14. The fourth-order valence-corrected chi connectivity index (χ4v) is 1.85. The lowest BCUT2D eigenvalue weighted by Gasteiger charge is -2.20. The molecule has 0 spiro atoms. The van der Waals surface area contributed by atoms with Crippen molar-refractivity contribution in [1.29, 1.82) is 0 Å². The van der Waals surface area contributed by atoms with E-state index in [1.165, 1.54) is 11.8 Å². The molecule has 0 atom stereocenters. The molecule has 0 radical (unpaired) electrons. The number of nitrogens with zero attached hydrogens (tertiary/aromatic N) is 1. The van der Waals surface area contributed by atoms with E-state index < -0.39 is 29.0 Å². The van der Waals surface area contributed by atoms with Gasteiger partial charge in [-0.15, -0.1) is 0 Å². The summed E-state index contributed by atoms with van der Waals surface area (Å²) in [6, 6.07) is 1.68. The maximum atomic E-state index is 13.4. The molecule has 0 bridgehead atoms. The van der Waals surface area contributed by atoms with Crippen molar-refractivity contribution in [1.82, 2.24) is 4.90 Å². The van der Waals surface area contributed by atoms with E-state index in [2.05, 4.69) is 5.32 Å². The van der Waals surface area contributed by atoms with E-state index in [4.69, 9.17) is 0 Å². The first-order chi connectivity index (χ1) is 10.4. The molecule has 0 saturated carbocycles. The third kappa shape index (κ3) is 5.05. The van der Waals surface area contributed by atoms with Gasteiger partial charge < -0.3 is 10.2 Å². The standard InChI is InChI=1S/C15H19F3N2O2/c1-3-4-8-20(10(2)21)9-7-13(22)19-12-6-5-11(16)14(17)15(12)18/h5-6H,3-4,7-9H2,1-2H3,(H,19,22). The minimum absolute atomic E-state index is 0.0538. The van der Waals surface area contributed by atoms with Crippen LogP contribution >= 0.6 is 0 Å². The second-order valence-electron chi connectivity index (χ2n) is 4.88. The number of hydrogen-bond acceptors (Lipinski definition) is 2. The molecule has 0 aliphatic heterocycles. The third-order valence-electron chi connectivity index (χ3n) is 3.14. The maximum Gasteiger partial charge on any atom is 0.226 e. The van der Waals surface area contributed by atoms with E-state index >= 15 is 0 Å². The summed E-state index contributed by atoms with van der Waals surface area (Å²) in [5.74, 6) is -5.13. The molecule has 1 rings (SSSR count). The summed E-state index contributed by atoms with van der Waals surface area (Å²) in [7, 11) is 0. The van der Waals surface area contributed by atoms with Crippen molar-refractivity contribution in [2.24, 2.45) is 0 Å². The zero-order valence-corrected chi connectivity index (χ0v) is 12.6. The summed E-state index contributed by atoms with van der Waals surface area (Å²) in [6.07, 6.45) is 1.68. The Morgan fingerprint density at radius 1 is 1.14 bits per heavy atom. The molecule has 0 aliphatic rings. The first kappa shape index (κ1) is 18.0. The molecule has 1 aromatic rings. The summed E-state index contributed by atoms with van der Waals surface area (Å²) in [6.45, 7) is 4.12. The number of benzene rings is 1. The normalized spacial score (nSPS) is 10.4. The van der Waals surface area contributed by atoms with Crippen LogP contribution in [0.1, 0.15) is 33.1 Å². The van der Waals surface area contributed by atoms with Gasteiger partial charge in [0.15, 0.2) is 17.5 Å². The van der Waals surface area contributed by atoms with Crippen LogP contribution in [-0.2, 0) is 9.59 Å². The van der Waals surface area contributed by atoms with Crippen LogP contribution in [-0.4, -0.2) is 29.8 Å². The number of carbonyl (C=O) groups excluding carboxylic acids is 2. The Balaban J connectivity index is 2.59. The fourth-order valence-electron chi connectivity index (χ4n) is 1.85. The van der Waals surface area contributed by atoms with Crippen LogP contribution in [0.4, 0.5) is 18.9 Å². The van der Waals surface area contributed by atoms with Crippen LogP contribution in [0.15, 0.2) is 12.1 Å². The lowest BCUT2D eigenvalue weighted by molar-refractivity contribution is -0.129. The molecule has 1 aromatic carbocycles. The Hall–Kier alpha value is -2.05. The van der Waals surface area contributed by atoms with Gasteiger partial charge in [-0.3, -0.25) is 9.59 Å². The van der Waals surface area contributed by atoms with Crippen molar-refractivity contribution in [2.75, 3.05) is 18.4 Å². The Morgan fingerprint density at radius 2 is 1.82 bits per heavy atom. The summed E-state index contributed by atoms with van der Waals surface area (Å²) in [5, 5.41) is 2.17. The predicted molar refractivity (Wildman–Crippen MR) is 76.7 cm³/mol. The highest BCUT2D eigenvalue weighted by molar-refractivity contribution is 5.91.